The molecule has 2 heterocycles. The average Bonchev–Trinajstić information content (AvgIpc) is 3.10. The number of halogens is 6. The lowest BCUT2D eigenvalue weighted by molar-refractivity contribution is -0.143. The van der Waals surface area contributed by atoms with Crippen LogP contribution >= 0.6 is 11.6 Å². The number of imidazole rings is 1. The minimum Gasteiger partial charge on any atom is -0.370 e. The highest BCUT2D eigenvalue weighted by Gasteiger charge is 2.34. The minimum atomic E-state index is -4.62. The van der Waals surface area contributed by atoms with E-state index < -0.39 is 23.6 Å². The van der Waals surface area contributed by atoms with E-state index in [1.54, 1.807) is 17.7 Å². The predicted molar refractivity (Wildman–Crippen MR) is 133 cm³/mol. The van der Waals surface area contributed by atoms with E-state index in [-0.39, 0.29) is 24.1 Å². The largest absolute Gasteiger partial charge is 0.416 e. The minimum absolute atomic E-state index is 0.0720. The Morgan fingerprint density at radius 3 is 2.43 bits per heavy atom. The molecule has 3 aromatic rings. The fraction of sp³-hybridized carbons (Fsp3) is 0.462. The van der Waals surface area contributed by atoms with Crippen LogP contribution in [0.2, 0.25) is 5.02 Å². The summed E-state index contributed by atoms with van der Waals surface area (Å²) in [6, 6.07) is 6.99. The van der Waals surface area contributed by atoms with E-state index in [1.807, 2.05) is 6.07 Å². The van der Waals surface area contributed by atoms with Crippen LogP contribution < -0.4 is 10.2 Å². The van der Waals surface area contributed by atoms with Gasteiger partial charge in [-0.3, -0.25) is 4.79 Å². The van der Waals surface area contributed by atoms with Gasteiger partial charge in [0.25, 0.3) is 5.91 Å². The second kappa shape index (κ2) is 10.1. The number of rotatable bonds is 6. The molecule has 1 saturated heterocycles. The van der Waals surface area contributed by atoms with Gasteiger partial charge in [-0.05, 0) is 48.1 Å². The van der Waals surface area contributed by atoms with Crippen molar-refractivity contribution in [1.29, 1.82) is 0 Å². The molecular formula is C26H28ClF5N4O. The lowest BCUT2D eigenvalue weighted by Crippen LogP contribution is -2.37. The molecule has 1 fully saturated rings. The Labute approximate surface area is 216 Å². The van der Waals surface area contributed by atoms with Gasteiger partial charge in [-0.25, -0.2) is 4.98 Å². The maximum atomic E-state index is 13.8. The maximum Gasteiger partial charge on any atom is 0.416 e. The van der Waals surface area contributed by atoms with Crippen molar-refractivity contribution in [2.24, 2.45) is 13.0 Å². The van der Waals surface area contributed by atoms with Crippen molar-refractivity contribution in [3.63, 3.8) is 0 Å². The number of anilines is 1. The number of carbonyl (C=O) groups excluding carboxylic acids is 1. The summed E-state index contributed by atoms with van der Waals surface area (Å²) in [6.07, 6.45) is -2.67. The Morgan fingerprint density at radius 2 is 1.81 bits per heavy atom. The molecule has 11 heteroatoms. The van der Waals surface area contributed by atoms with Crippen LogP contribution in [-0.4, -0.2) is 34.5 Å². The first-order chi connectivity index (χ1) is 17.2. The number of carbonyl (C=O) groups is 1. The number of benzene rings is 2. The monoisotopic (exact) mass is 542 g/mol. The van der Waals surface area contributed by atoms with Gasteiger partial charge >= 0.3 is 12.1 Å². The van der Waals surface area contributed by atoms with Gasteiger partial charge in [-0.15, -0.1) is 0 Å². The highest BCUT2D eigenvalue weighted by atomic mass is 35.5. The molecule has 0 aliphatic carbocycles. The molecule has 0 saturated carbocycles. The summed E-state index contributed by atoms with van der Waals surface area (Å²) in [6.45, 7) is 4.09. The third-order valence-corrected chi connectivity index (χ3v) is 7.14. The van der Waals surface area contributed by atoms with E-state index in [1.165, 1.54) is 12.1 Å². The van der Waals surface area contributed by atoms with Crippen LogP contribution in [0.4, 0.5) is 27.6 Å². The summed E-state index contributed by atoms with van der Waals surface area (Å²) in [4.78, 5) is 18.3. The molecule has 0 spiro atoms. The Balaban J connectivity index is 1.66. The van der Waals surface area contributed by atoms with Crippen LogP contribution in [0.5, 0.6) is 0 Å². The second-order valence-electron chi connectivity index (χ2n) is 9.79. The van der Waals surface area contributed by atoms with Gasteiger partial charge < -0.3 is 14.8 Å². The summed E-state index contributed by atoms with van der Waals surface area (Å²) >= 11 is 6.57. The smallest absolute Gasteiger partial charge is 0.370 e. The molecule has 0 atom stereocenters. The molecule has 200 valence electrons. The van der Waals surface area contributed by atoms with E-state index in [0.29, 0.717) is 29.2 Å². The molecule has 4 rings (SSSR count). The Kier molecular flexibility index (Phi) is 7.43. The number of nitrogens with zero attached hydrogens (tertiary/aromatic N) is 3. The van der Waals surface area contributed by atoms with Crippen molar-refractivity contribution in [3.05, 3.63) is 57.9 Å². The third kappa shape index (κ3) is 6.00. The predicted octanol–water partition coefficient (Wildman–Crippen LogP) is 6.34. The van der Waals surface area contributed by atoms with Crippen LogP contribution in [0.25, 0.3) is 11.0 Å². The fourth-order valence-electron chi connectivity index (χ4n) is 4.59. The maximum absolute atomic E-state index is 13.8. The van der Waals surface area contributed by atoms with Crippen molar-refractivity contribution in [3.8, 4) is 0 Å². The van der Waals surface area contributed by atoms with Gasteiger partial charge in [0, 0.05) is 40.0 Å². The normalized spacial score (nSPS) is 15.4. The first-order valence-electron chi connectivity index (χ1n) is 12.0. The Hall–Kier alpha value is -2.88. The van der Waals surface area contributed by atoms with Crippen molar-refractivity contribution in [1.82, 2.24) is 14.9 Å². The molecule has 0 unspecified atom stereocenters. The zero-order valence-corrected chi connectivity index (χ0v) is 21.5. The van der Waals surface area contributed by atoms with Gasteiger partial charge in [0.15, 0.2) is 0 Å². The van der Waals surface area contributed by atoms with E-state index in [0.717, 1.165) is 43.2 Å². The number of amides is 1. The molecule has 0 bridgehead atoms. The van der Waals surface area contributed by atoms with Gasteiger partial charge in [0.1, 0.15) is 5.82 Å². The standard InChI is InChI=1S/C26H28ClF5N4O/c1-15-6-8-36(9-7-15)21-13-22-20(12-19(21)27)34-23(35(22)3)11-17-10-16(4-5-18(17)26(30,31)32)14-33-24(37)25(2,28)29/h4-5,10,12-13,15H,6-9,11,14H2,1-3H3,(H,33,37). The lowest BCUT2D eigenvalue weighted by Gasteiger charge is -2.32. The van der Waals surface area contributed by atoms with Gasteiger partial charge in [-0.2, -0.15) is 22.0 Å². The van der Waals surface area contributed by atoms with Crippen molar-refractivity contribution in [2.45, 2.75) is 51.8 Å². The van der Waals surface area contributed by atoms with Gasteiger partial charge in [-0.1, -0.05) is 30.7 Å². The quantitative estimate of drug-likeness (QED) is 0.370. The summed E-state index contributed by atoms with van der Waals surface area (Å²) in [5.41, 5.74) is 1.53. The number of fused-ring (bicyclic) bond motifs is 1. The second-order valence-corrected chi connectivity index (χ2v) is 10.2. The first-order valence-corrected chi connectivity index (χ1v) is 12.4. The van der Waals surface area contributed by atoms with Crippen molar-refractivity contribution >= 4 is 34.2 Å². The Bertz CT molecular complexity index is 1310. The summed E-state index contributed by atoms with van der Waals surface area (Å²) in [5.74, 6) is -4.05. The topological polar surface area (TPSA) is 50.2 Å². The number of aryl methyl sites for hydroxylation is 1. The zero-order valence-electron chi connectivity index (χ0n) is 20.7. The van der Waals surface area contributed by atoms with Crippen LogP contribution in [0.3, 0.4) is 0 Å². The van der Waals surface area contributed by atoms with Gasteiger partial charge in [0.2, 0.25) is 0 Å². The third-order valence-electron chi connectivity index (χ3n) is 6.84. The molecule has 1 aromatic heterocycles. The fourth-order valence-corrected chi connectivity index (χ4v) is 4.87. The lowest BCUT2D eigenvalue weighted by atomic mass is 9.99. The number of aromatic nitrogens is 2. The number of hydrogen-bond acceptors (Lipinski definition) is 3. The van der Waals surface area contributed by atoms with Gasteiger partial charge in [0.05, 0.1) is 27.3 Å². The molecule has 1 N–H and O–H groups in total. The highest BCUT2D eigenvalue weighted by molar-refractivity contribution is 6.34. The molecule has 1 aliphatic rings. The molecule has 37 heavy (non-hydrogen) atoms. The SMILES string of the molecule is CC1CCN(c2cc3c(cc2Cl)nc(Cc2cc(CNC(=O)C(C)(F)F)ccc2C(F)(F)F)n3C)CC1. The molecule has 5 nitrogen and oxygen atoms in total. The van der Waals surface area contributed by atoms with Crippen LogP contribution in [-0.2, 0) is 31.0 Å². The molecule has 0 radical (unpaired) electrons. The molecule has 2 aromatic carbocycles. The number of piperidine rings is 1. The average molecular weight is 543 g/mol. The van der Waals surface area contributed by atoms with E-state index in [4.69, 9.17) is 11.6 Å². The first kappa shape index (κ1) is 27.2. The number of nitrogens with one attached hydrogen (secondary N) is 1. The summed E-state index contributed by atoms with van der Waals surface area (Å²) in [5, 5.41) is 2.59. The number of alkyl halides is 5. The van der Waals surface area contributed by atoms with Crippen LogP contribution in [0.15, 0.2) is 30.3 Å². The zero-order chi connectivity index (χ0) is 27.1. The van der Waals surface area contributed by atoms with Crippen molar-refractivity contribution < 1.29 is 26.7 Å². The molecular weight excluding hydrogens is 515 g/mol. The Morgan fingerprint density at radius 1 is 1.14 bits per heavy atom. The summed E-state index contributed by atoms with van der Waals surface area (Å²) in [7, 11) is 1.74. The molecule has 1 amide bonds. The van der Waals surface area contributed by atoms with Crippen LogP contribution in [0.1, 0.15) is 49.2 Å². The van der Waals surface area contributed by atoms with E-state index in [2.05, 4.69) is 22.1 Å². The van der Waals surface area contributed by atoms with Crippen molar-refractivity contribution in [2.75, 3.05) is 18.0 Å². The molecule has 1 aliphatic heterocycles. The number of hydrogen-bond donors (Lipinski definition) is 1. The van der Waals surface area contributed by atoms with Crippen LogP contribution in [0, 0.1) is 5.92 Å². The highest BCUT2D eigenvalue weighted by Crippen LogP contribution is 2.36. The summed E-state index contributed by atoms with van der Waals surface area (Å²) < 4.78 is 69.4. The van der Waals surface area contributed by atoms with E-state index in [9.17, 15) is 26.7 Å². The van der Waals surface area contributed by atoms with E-state index >= 15 is 0 Å².